The number of rotatable bonds is 4. The molecule has 0 atom stereocenters. The number of carboxylic acids is 1. The van der Waals surface area contributed by atoms with E-state index >= 15 is 0 Å². The molecule has 0 amide bonds. The van der Waals surface area contributed by atoms with Crippen LogP contribution in [0.4, 0.5) is 0 Å². The summed E-state index contributed by atoms with van der Waals surface area (Å²) in [5.74, 6) is -0.620. The number of aliphatic carboxylic acids is 1. The average Bonchev–Trinajstić information content (AvgIpc) is 2.46. The maximum atomic E-state index is 11.4. The first-order valence-corrected chi connectivity index (χ1v) is 7.46. The maximum Gasteiger partial charge on any atom is 0.336 e. The standard InChI is InChI=1S/C14H17NO3S/c1-19-13-3-2-11(9-15-13)12(14(16)17)8-10-4-6-18-7-5-10/h2-3,8-10H,4-7H2,1H3,(H,16,17)/b12-8+. The quantitative estimate of drug-likeness (QED) is 0.678. The summed E-state index contributed by atoms with van der Waals surface area (Å²) in [4.78, 5) is 15.6. The van der Waals surface area contributed by atoms with Gasteiger partial charge < -0.3 is 9.84 Å². The molecule has 102 valence electrons. The van der Waals surface area contributed by atoms with Crippen molar-refractivity contribution >= 4 is 23.3 Å². The molecule has 2 rings (SSSR count). The molecule has 1 aliphatic rings. The van der Waals surface area contributed by atoms with Gasteiger partial charge in [0, 0.05) is 25.0 Å². The highest BCUT2D eigenvalue weighted by Gasteiger charge is 2.17. The molecule has 1 fully saturated rings. The third kappa shape index (κ3) is 3.81. The summed E-state index contributed by atoms with van der Waals surface area (Å²) in [6, 6.07) is 3.67. The van der Waals surface area contributed by atoms with Crippen LogP contribution in [0.3, 0.4) is 0 Å². The highest BCUT2D eigenvalue weighted by Crippen LogP contribution is 2.23. The second kappa shape index (κ2) is 6.73. The van der Waals surface area contributed by atoms with Gasteiger partial charge in [-0.2, -0.15) is 0 Å². The van der Waals surface area contributed by atoms with E-state index in [2.05, 4.69) is 4.98 Å². The minimum atomic E-state index is -0.898. The van der Waals surface area contributed by atoms with Crippen LogP contribution in [0.25, 0.3) is 5.57 Å². The first-order valence-electron chi connectivity index (χ1n) is 6.24. The highest BCUT2D eigenvalue weighted by molar-refractivity contribution is 7.98. The molecule has 0 aliphatic carbocycles. The van der Waals surface area contributed by atoms with Crippen molar-refractivity contribution < 1.29 is 14.6 Å². The van der Waals surface area contributed by atoms with Crippen LogP contribution >= 0.6 is 11.8 Å². The van der Waals surface area contributed by atoms with Crippen LogP contribution in [0.5, 0.6) is 0 Å². The predicted octanol–water partition coefficient (Wildman–Crippen LogP) is 2.70. The number of aromatic nitrogens is 1. The van der Waals surface area contributed by atoms with Crippen molar-refractivity contribution in [2.75, 3.05) is 19.5 Å². The van der Waals surface area contributed by atoms with Gasteiger partial charge in [0.15, 0.2) is 0 Å². The molecule has 1 aliphatic heterocycles. The number of carboxylic acid groups (broad SMARTS) is 1. The molecule has 2 heterocycles. The molecular formula is C14H17NO3S. The van der Waals surface area contributed by atoms with Gasteiger partial charge in [-0.15, -0.1) is 11.8 Å². The first-order chi connectivity index (χ1) is 9.20. The number of thioether (sulfide) groups is 1. The van der Waals surface area contributed by atoms with Crippen LogP contribution in [0.2, 0.25) is 0 Å². The van der Waals surface area contributed by atoms with E-state index in [0.29, 0.717) is 24.4 Å². The van der Waals surface area contributed by atoms with Crippen LogP contribution in [0.15, 0.2) is 29.4 Å². The third-order valence-electron chi connectivity index (χ3n) is 3.16. The number of allylic oxidation sites excluding steroid dienone is 1. The Balaban J connectivity index is 2.22. The van der Waals surface area contributed by atoms with Crippen molar-refractivity contribution in [3.63, 3.8) is 0 Å². The molecule has 1 aromatic heterocycles. The fraction of sp³-hybridized carbons (Fsp3) is 0.429. The Morgan fingerprint density at radius 3 is 2.74 bits per heavy atom. The van der Waals surface area contributed by atoms with Gasteiger partial charge in [0.05, 0.1) is 10.6 Å². The monoisotopic (exact) mass is 279 g/mol. The van der Waals surface area contributed by atoms with Crippen molar-refractivity contribution in [3.05, 3.63) is 30.0 Å². The van der Waals surface area contributed by atoms with E-state index in [-0.39, 0.29) is 5.92 Å². The largest absolute Gasteiger partial charge is 0.478 e. The van der Waals surface area contributed by atoms with Crippen LogP contribution in [-0.4, -0.2) is 35.5 Å². The molecule has 0 bridgehead atoms. The Morgan fingerprint density at radius 2 is 2.21 bits per heavy atom. The molecule has 1 saturated heterocycles. The summed E-state index contributed by atoms with van der Waals surface area (Å²) in [6.07, 6.45) is 7.18. The number of nitrogens with zero attached hydrogens (tertiary/aromatic N) is 1. The van der Waals surface area contributed by atoms with Gasteiger partial charge in [0.25, 0.3) is 0 Å². The minimum Gasteiger partial charge on any atom is -0.478 e. The molecule has 4 nitrogen and oxygen atoms in total. The van der Waals surface area contributed by atoms with Crippen LogP contribution < -0.4 is 0 Å². The lowest BCUT2D eigenvalue weighted by Gasteiger charge is -2.19. The van der Waals surface area contributed by atoms with Gasteiger partial charge in [0.2, 0.25) is 0 Å². The second-order valence-corrected chi connectivity index (χ2v) is 5.25. The molecule has 0 saturated carbocycles. The molecule has 5 heteroatoms. The van der Waals surface area contributed by atoms with Gasteiger partial charge in [0.1, 0.15) is 0 Å². The van der Waals surface area contributed by atoms with Gasteiger partial charge in [-0.25, -0.2) is 9.78 Å². The van der Waals surface area contributed by atoms with Gasteiger partial charge in [-0.3, -0.25) is 0 Å². The van der Waals surface area contributed by atoms with Gasteiger partial charge in [-0.1, -0.05) is 6.08 Å². The number of ether oxygens (including phenoxy) is 1. The number of hydrogen-bond acceptors (Lipinski definition) is 4. The lowest BCUT2D eigenvalue weighted by atomic mass is 9.95. The molecule has 0 unspecified atom stereocenters. The highest BCUT2D eigenvalue weighted by atomic mass is 32.2. The smallest absolute Gasteiger partial charge is 0.336 e. The minimum absolute atomic E-state index is 0.278. The summed E-state index contributed by atoms with van der Waals surface area (Å²) in [5.41, 5.74) is 1.00. The van der Waals surface area contributed by atoms with E-state index in [4.69, 9.17) is 4.74 Å². The zero-order valence-corrected chi connectivity index (χ0v) is 11.7. The summed E-state index contributed by atoms with van der Waals surface area (Å²) < 4.78 is 5.29. The average molecular weight is 279 g/mol. The first kappa shape index (κ1) is 14.1. The molecule has 1 aromatic rings. The molecule has 0 spiro atoms. The van der Waals surface area contributed by atoms with E-state index in [1.54, 1.807) is 6.20 Å². The Morgan fingerprint density at radius 1 is 1.47 bits per heavy atom. The Labute approximate surface area is 116 Å². The Hall–Kier alpha value is -1.33. The normalized spacial score (nSPS) is 17.4. The van der Waals surface area contributed by atoms with Gasteiger partial charge >= 0.3 is 5.97 Å². The molecule has 19 heavy (non-hydrogen) atoms. The maximum absolute atomic E-state index is 11.4. The lowest BCUT2D eigenvalue weighted by Crippen LogP contribution is -2.15. The Bertz CT molecular complexity index is 464. The summed E-state index contributed by atoms with van der Waals surface area (Å²) >= 11 is 1.54. The second-order valence-electron chi connectivity index (χ2n) is 4.42. The third-order valence-corrected chi connectivity index (χ3v) is 3.81. The van der Waals surface area contributed by atoms with E-state index < -0.39 is 5.97 Å². The summed E-state index contributed by atoms with van der Waals surface area (Å²) in [6.45, 7) is 1.41. The summed E-state index contributed by atoms with van der Waals surface area (Å²) in [7, 11) is 0. The van der Waals surface area contributed by atoms with Crippen LogP contribution in [-0.2, 0) is 9.53 Å². The summed E-state index contributed by atoms with van der Waals surface area (Å²) in [5, 5.41) is 10.2. The van der Waals surface area contributed by atoms with Crippen molar-refractivity contribution in [3.8, 4) is 0 Å². The van der Waals surface area contributed by atoms with E-state index in [1.807, 2.05) is 24.5 Å². The Kier molecular flexibility index (Phi) is 4.99. The van der Waals surface area contributed by atoms with Crippen molar-refractivity contribution in [2.24, 2.45) is 5.92 Å². The SMILES string of the molecule is CSc1ccc(/C(=C\C2CCOCC2)C(=O)O)cn1. The van der Waals surface area contributed by atoms with E-state index in [9.17, 15) is 9.90 Å². The van der Waals surface area contributed by atoms with E-state index in [1.165, 1.54) is 11.8 Å². The van der Waals surface area contributed by atoms with Crippen LogP contribution in [0, 0.1) is 5.92 Å². The van der Waals surface area contributed by atoms with Crippen molar-refractivity contribution in [1.29, 1.82) is 0 Å². The van der Waals surface area contributed by atoms with Crippen molar-refractivity contribution in [2.45, 2.75) is 17.9 Å². The number of pyridine rings is 1. The molecular weight excluding hydrogens is 262 g/mol. The molecule has 1 N–H and O–H groups in total. The molecule has 0 radical (unpaired) electrons. The zero-order valence-electron chi connectivity index (χ0n) is 10.8. The molecule has 0 aromatic carbocycles. The number of carbonyl (C=O) groups is 1. The zero-order chi connectivity index (χ0) is 13.7. The lowest BCUT2D eigenvalue weighted by molar-refractivity contribution is -0.130. The van der Waals surface area contributed by atoms with Crippen LogP contribution in [0.1, 0.15) is 18.4 Å². The van der Waals surface area contributed by atoms with Crippen molar-refractivity contribution in [1.82, 2.24) is 4.98 Å². The topological polar surface area (TPSA) is 59.4 Å². The fourth-order valence-corrected chi connectivity index (χ4v) is 2.43. The predicted molar refractivity (Wildman–Crippen MR) is 75.2 cm³/mol. The van der Waals surface area contributed by atoms with E-state index in [0.717, 1.165) is 17.9 Å². The number of hydrogen-bond donors (Lipinski definition) is 1. The van der Waals surface area contributed by atoms with Gasteiger partial charge in [-0.05, 0) is 37.1 Å². The fourth-order valence-electron chi connectivity index (χ4n) is 2.07.